The Morgan fingerprint density at radius 3 is 2.62 bits per heavy atom. The normalized spacial score (nSPS) is 11.2. The number of aryl methyl sites for hydroxylation is 4. The van der Waals surface area contributed by atoms with Gasteiger partial charge in [0.1, 0.15) is 12.3 Å². The van der Waals surface area contributed by atoms with Crippen LogP contribution >= 0.6 is 0 Å². The number of nitrogens with zero attached hydrogens (tertiary/aromatic N) is 5. The van der Waals surface area contributed by atoms with Crippen molar-refractivity contribution in [1.82, 2.24) is 25.1 Å². The zero-order chi connectivity index (χ0) is 15.0. The van der Waals surface area contributed by atoms with Crippen LogP contribution in [-0.4, -0.2) is 25.1 Å². The van der Waals surface area contributed by atoms with Crippen molar-refractivity contribution in [2.75, 3.05) is 0 Å². The van der Waals surface area contributed by atoms with Crippen molar-refractivity contribution in [1.29, 1.82) is 0 Å². The minimum atomic E-state index is 0.457. The van der Waals surface area contributed by atoms with Crippen LogP contribution in [0.15, 0.2) is 15.1 Å². The first-order chi connectivity index (χ1) is 10.1. The second-order valence-corrected chi connectivity index (χ2v) is 5.01. The van der Waals surface area contributed by atoms with E-state index in [1.54, 1.807) is 0 Å². The summed E-state index contributed by atoms with van der Waals surface area (Å²) >= 11 is 0. The zero-order valence-corrected chi connectivity index (χ0v) is 12.5. The van der Waals surface area contributed by atoms with E-state index in [-0.39, 0.29) is 0 Å². The molecule has 21 heavy (non-hydrogen) atoms. The van der Waals surface area contributed by atoms with Crippen molar-refractivity contribution in [2.45, 2.75) is 40.7 Å². The Bertz CT molecular complexity index is 768. The van der Waals surface area contributed by atoms with E-state index in [0.717, 1.165) is 29.1 Å². The molecule has 0 saturated carbocycles. The summed E-state index contributed by atoms with van der Waals surface area (Å²) in [6, 6.07) is 2.01. The van der Waals surface area contributed by atoms with Gasteiger partial charge in [-0.3, -0.25) is 4.68 Å². The SMILES string of the molecule is CCc1noc(C)c1-c1noc(Cn2nc(C)cc2C)n1. The molecule has 0 aliphatic carbocycles. The monoisotopic (exact) mass is 287 g/mol. The van der Waals surface area contributed by atoms with Crippen molar-refractivity contribution in [3.63, 3.8) is 0 Å². The Morgan fingerprint density at radius 1 is 1.14 bits per heavy atom. The minimum absolute atomic E-state index is 0.457. The van der Waals surface area contributed by atoms with Gasteiger partial charge in [0.2, 0.25) is 11.7 Å². The van der Waals surface area contributed by atoms with E-state index in [2.05, 4.69) is 20.4 Å². The number of hydrogen-bond donors (Lipinski definition) is 0. The van der Waals surface area contributed by atoms with Gasteiger partial charge in [-0.1, -0.05) is 17.2 Å². The van der Waals surface area contributed by atoms with Crippen LogP contribution in [0.25, 0.3) is 11.4 Å². The van der Waals surface area contributed by atoms with E-state index in [4.69, 9.17) is 9.05 Å². The lowest BCUT2D eigenvalue weighted by atomic mass is 10.1. The van der Waals surface area contributed by atoms with Gasteiger partial charge < -0.3 is 9.05 Å². The molecule has 0 aromatic carbocycles. The van der Waals surface area contributed by atoms with Gasteiger partial charge in [0, 0.05) is 5.69 Å². The van der Waals surface area contributed by atoms with Crippen LogP contribution in [0.3, 0.4) is 0 Å². The minimum Gasteiger partial charge on any atom is -0.361 e. The third kappa shape index (κ3) is 2.46. The summed E-state index contributed by atoms with van der Waals surface area (Å²) in [6.07, 6.45) is 0.758. The highest BCUT2D eigenvalue weighted by atomic mass is 16.5. The van der Waals surface area contributed by atoms with Gasteiger partial charge in [-0.2, -0.15) is 10.1 Å². The summed E-state index contributed by atoms with van der Waals surface area (Å²) in [5, 5.41) is 12.4. The third-order valence-electron chi connectivity index (χ3n) is 3.35. The molecule has 0 fully saturated rings. The van der Waals surface area contributed by atoms with Gasteiger partial charge >= 0.3 is 0 Å². The molecular formula is C14H17N5O2. The Labute approximate surface area is 121 Å². The molecule has 3 rings (SSSR count). The lowest BCUT2D eigenvalue weighted by Gasteiger charge is -1.98. The van der Waals surface area contributed by atoms with Crippen LogP contribution in [0.1, 0.15) is 35.7 Å². The quantitative estimate of drug-likeness (QED) is 0.733. The lowest BCUT2D eigenvalue weighted by molar-refractivity contribution is 0.364. The maximum absolute atomic E-state index is 5.32. The Kier molecular flexibility index (Phi) is 3.32. The predicted octanol–water partition coefficient (Wildman–Crippen LogP) is 2.46. The van der Waals surface area contributed by atoms with Crippen molar-refractivity contribution in [3.05, 3.63) is 34.8 Å². The Hall–Kier alpha value is -2.44. The molecule has 0 atom stereocenters. The van der Waals surface area contributed by atoms with Crippen LogP contribution < -0.4 is 0 Å². The van der Waals surface area contributed by atoms with Gasteiger partial charge in [-0.25, -0.2) is 0 Å². The highest BCUT2D eigenvalue weighted by molar-refractivity contribution is 5.59. The van der Waals surface area contributed by atoms with Crippen LogP contribution in [0.5, 0.6) is 0 Å². The molecule has 0 radical (unpaired) electrons. The molecule has 3 aromatic rings. The summed E-state index contributed by atoms with van der Waals surface area (Å²) in [5.74, 6) is 1.73. The second kappa shape index (κ2) is 5.16. The number of rotatable bonds is 4. The topological polar surface area (TPSA) is 82.8 Å². The molecule has 0 saturated heterocycles. The summed E-state index contributed by atoms with van der Waals surface area (Å²) in [6.45, 7) is 8.27. The highest BCUT2D eigenvalue weighted by Crippen LogP contribution is 2.25. The predicted molar refractivity (Wildman–Crippen MR) is 74.7 cm³/mol. The van der Waals surface area contributed by atoms with Crippen molar-refractivity contribution >= 4 is 0 Å². The molecule has 0 unspecified atom stereocenters. The van der Waals surface area contributed by atoms with Crippen molar-refractivity contribution in [3.8, 4) is 11.4 Å². The van der Waals surface area contributed by atoms with Gasteiger partial charge in [-0.15, -0.1) is 0 Å². The molecule has 0 aliphatic rings. The van der Waals surface area contributed by atoms with Crippen LogP contribution in [0.4, 0.5) is 0 Å². The fourth-order valence-electron chi connectivity index (χ4n) is 2.33. The van der Waals surface area contributed by atoms with E-state index in [0.29, 0.717) is 24.0 Å². The van der Waals surface area contributed by atoms with Crippen LogP contribution in [0, 0.1) is 20.8 Å². The van der Waals surface area contributed by atoms with E-state index < -0.39 is 0 Å². The van der Waals surface area contributed by atoms with E-state index in [1.807, 2.05) is 38.4 Å². The molecule has 110 valence electrons. The first kappa shape index (κ1) is 13.5. The fraction of sp³-hybridized carbons (Fsp3) is 0.429. The molecule has 0 N–H and O–H groups in total. The molecule has 0 aliphatic heterocycles. The van der Waals surface area contributed by atoms with Crippen LogP contribution in [-0.2, 0) is 13.0 Å². The van der Waals surface area contributed by atoms with E-state index >= 15 is 0 Å². The molecule has 3 heterocycles. The smallest absolute Gasteiger partial charge is 0.248 e. The molecule has 7 nitrogen and oxygen atoms in total. The van der Waals surface area contributed by atoms with Crippen molar-refractivity contribution < 1.29 is 9.05 Å². The van der Waals surface area contributed by atoms with Gasteiger partial charge in [-0.05, 0) is 33.3 Å². The van der Waals surface area contributed by atoms with Gasteiger partial charge in [0.25, 0.3) is 0 Å². The first-order valence-electron chi connectivity index (χ1n) is 6.87. The molecular weight excluding hydrogens is 270 g/mol. The molecule has 0 bridgehead atoms. The van der Waals surface area contributed by atoms with Gasteiger partial charge in [0.15, 0.2) is 0 Å². The molecule has 3 aromatic heterocycles. The Morgan fingerprint density at radius 2 is 1.95 bits per heavy atom. The maximum Gasteiger partial charge on any atom is 0.248 e. The average molecular weight is 287 g/mol. The van der Waals surface area contributed by atoms with Gasteiger partial charge in [0.05, 0.1) is 17.0 Å². The fourth-order valence-corrected chi connectivity index (χ4v) is 2.33. The van der Waals surface area contributed by atoms with E-state index in [9.17, 15) is 0 Å². The average Bonchev–Trinajstić information content (AvgIpc) is 3.10. The van der Waals surface area contributed by atoms with Crippen molar-refractivity contribution in [2.24, 2.45) is 0 Å². The van der Waals surface area contributed by atoms with Crippen LogP contribution in [0.2, 0.25) is 0 Å². The highest BCUT2D eigenvalue weighted by Gasteiger charge is 2.19. The first-order valence-corrected chi connectivity index (χ1v) is 6.87. The summed E-state index contributed by atoms with van der Waals surface area (Å²) in [7, 11) is 0. The summed E-state index contributed by atoms with van der Waals surface area (Å²) < 4.78 is 12.4. The maximum atomic E-state index is 5.32. The third-order valence-corrected chi connectivity index (χ3v) is 3.35. The molecule has 0 spiro atoms. The standard InChI is InChI=1S/C14H17N5O2/c1-5-11-13(10(4)20-17-11)14-15-12(21-18-14)7-19-9(3)6-8(2)16-19/h6H,5,7H2,1-4H3. The summed E-state index contributed by atoms with van der Waals surface area (Å²) in [5.41, 5.74) is 3.69. The molecule has 0 amide bonds. The largest absolute Gasteiger partial charge is 0.361 e. The number of hydrogen-bond acceptors (Lipinski definition) is 6. The number of aromatic nitrogens is 5. The zero-order valence-electron chi connectivity index (χ0n) is 12.5. The Balaban J connectivity index is 1.90. The second-order valence-electron chi connectivity index (χ2n) is 5.01. The van der Waals surface area contributed by atoms with E-state index in [1.165, 1.54) is 0 Å². The summed E-state index contributed by atoms with van der Waals surface area (Å²) in [4.78, 5) is 4.43. The lowest BCUT2D eigenvalue weighted by Crippen LogP contribution is -2.04. The molecule has 7 heteroatoms.